The van der Waals surface area contributed by atoms with Gasteiger partial charge in [-0.15, -0.1) is 5.10 Å². The number of nitrogens with zero attached hydrogens (tertiary/aromatic N) is 2. The van der Waals surface area contributed by atoms with Crippen molar-refractivity contribution in [2.24, 2.45) is 0 Å². The molecule has 3 aromatic rings. The van der Waals surface area contributed by atoms with Gasteiger partial charge in [0.25, 0.3) is 0 Å². The molecule has 0 bridgehead atoms. The Labute approximate surface area is 161 Å². The summed E-state index contributed by atoms with van der Waals surface area (Å²) in [7, 11) is -3.71. The summed E-state index contributed by atoms with van der Waals surface area (Å²) in [5, 5.41) is 10.1. The van der Waals surface area contributed by atoms with Crippen molar-refractivity contribution in [3.05, 3.63) is 59.4 Å². The van der Waals surface area contributed by atoms with Gasteiger partial charge in [0, 0.05) is 12.0 Å². The summed E-state index contributed by atoms with van der Waals surface area (Å²) >= 11 is 0. The number of amides is 1. The van der Waals surface area contributed by atoms with Crippen LogP contribution < -0.4 is 5.32 Å². The quantitative estimate of drug-likeness (QED) is 0.634. The third kappa shape index (κ3) is 4.80. The van der Waals surface area contributed by atoms with Crippen molar-refractivity contribution >= 4 is 21.8 Å². The Kier molecular flexibility index (Phi) is 5.55. The molecule has 0 atom stereocenters. The molecular weight excluding hydrogens is 385 g/mol. The zero-order chi connectivity index (χ0) is 20.3. The molecule has 3 rings (SSSR count). The summed E-state index contributed by atoms with van der Waals surface area (Å²) in [5.41, 5.74) is 2.79. The molecule has 0 aliphatic heterocycles. The van der Waals surface area contributed by atoms with Crippen LogP contribution in [-0.2, 0) is 14.6 Å². The van der Waals surface area contributed by atoms with Gasteiger partial charge in [0.15, 0.2) is 9.84 Å². The highest BCUT2D eigenvalue weighted by Gasteiger charge is 2.18. The van der Waals surface area contributed by atoms with Gasteiger partial charge in [0.1, 0.15) is 5.82 Å². The highest BCUT2D eigenvalue weighted by atomic mass is 32.2. The van der Waals surface area contributed by atoms with E-state index in [1.54, 1.807) is 0 Å². The number of anilines is 1. The van der Waals surface area contributed by atoms with Gasteiger partial charge in [0.2, 0.25) is 11.8 Å². The molecular formula is C19H18FN3O4S. The topological polar surface area (TPSA) is 102 Å². The summed E-state index contributed by atoms with van der Waals surface area (Å²) < 4.78 is 42.8. The van der Waals surface area contributed by atoms with E-state index >= 15 is 0 Å². The zero-order valence-electron chi connectivity index (χ0n) is 15.3. The summed E-state index contributed by atoms with van der Waals surface area (Å²) in [4.78, 5) is 12.0. The molecule has 0 fully saturated rings. The maximum Gasteiger partial charge on any atom is 0.322 e. The molecule has 146 valence electrons. The number of benzene rings is 2. The molecule has 2 aromatic carbocycles. The Balaban J connectivity index is 1.62. The maximum absolute atomic E-state index is 12.9. The first-order chi connectivity index (χ1) is 13.2. The van der Waals surface area contributed by atoms with E-state index in [1.807, 2.05) is 32.0 Å². The van der Waals surface area contributed by atoms with E-state index in [-0.39, 0.29) is 23.2 Å². The van der Waals surface area contributed by atoms with Crippen LogP contribution in [0.4, 0.5) is 10.4 Å². The standard InChI is InChI=1S/C19H18FN3O4S/c1-12-9-13(2)11-14(10-12)18-22-23-19(27-18)21-17(24)7-8-28(25,26)16-5-3-15(20)4-6-16/h3-6,9-11H,7-8H2,1-2H3,(H,21,23,24). The van der Waals surface area contributed by atoms with Crippen LogP contribution in [-0.4, -0.2) is 30.3 Å². The van der Waals surface area contributed by atoms with Gasteiger partial charge in [-0.1, -0.05) is 22.3 Å². The average Bonchev–Trinajstić information content (AvgIpc) is 3.08. The van der Waals surface area contributed by atoms with Gasteiger partial charge in [-0.3, -0.25) is 10.1 Å². The van der Waals surface area contributed by atoms with Gasteiger partial charge in [-0.25, -0.2) is 12.8 Å². The number of sulfone groups is 1. The van der Waals surface area contributed by atoms with Crippen LogP contribution in [0.5, 0.6) is 0 Å². The Hall–Kier alpha value is -3.07. The van der Waals surface area contributed by atoms with E-state index in [0.29, 0.717) is 0 Å². The third-order valence-corrected chi connectivity index (χ3v) is 5.64. The van der Waals surface area contributed by atoms with E-state index in [9.17, 15) is 17.6 Å². The number of aromatic nitrogens is 2. The monoisotopic (exact) mass is 403 g/mol. The molecule has 1 amide bonds. The summed E-state index contributed by atoms with van der Waals surface area (Å²) in [6.45, 7) is 3.88. The molecule has 1 heterocycles. The molecule has 0 radical (unpaired) electrons. The SMILES string of the molecule is Cc1cc(C)cc(-c2nnc(NC(=O)CCS(=O)(=O)c3ccc(F)cc3)o2)c1. The van der Waals surface area contributed by atoms with Crippen molar-refractivity contribution in [1.29, 1.82) is 0 Å². The van der Waals surface area contributed by atoms with Crippen LogP contribution in [0.25, 0.3) is 11.5 Å². The second-order valence-corrected chi connectivity index (χ2v) is 8.47. The van der Waals surface area contributed by atoms with Crippen LogP contribution in [0.2, 0.25) is 0 Å². The number of halogens is 1. The van der Waals surface area contributed by atoms with Gasteiger partial charge >= 0.3 is 6.01 Å². The predicted molar refractivity (Wildman–Crippen MR) is 101 cm³/mol. The minimum absolute atomic E-state index is 0.0448. The van der Waals surface area contributed by atoms with Crippen LogP contribution in [0, 0.1) is 19.7 Å². The van der Waals surface area contributed by atoms with Crippen molar-refractivity contribution in [2.75, 3.05) is 11.1 Å². The van der Waals surface area contributed by atoms with Gasteiger partial charge in [-0.05, 0) is 50.2 Å². The maximum atomic E-state index is 12.9. The van der Waals surface area contributed by atoms with Crippen LogP contribution >= 0.6 is 0 Å². The fourth-order valence-corrected chi connectivity index (χ4v) is 3.90. The summed E-state index contributed by atoms with van der Waals surface area (Å²) in [5.74, 6) is -1.29. The number of carbonyl (C=O) groups is 1. The number of nitrogens with one attached hydrogen (secondary N) is 1. The Morgan fingerprint density at radius 3 is 2.36 bits per heavy atom. The first-order valence-corrected chi connectivity index (χ1v) is 10.1. The highest BCUT2D eigenvalue weighted by Crippen LogP contribution is 2.22. The minimum atomic E-state index is -3.71. The van der Waals surface area contributed by atoms with Gasteiger partial charge in [0.05, 0.1) is 10.6 Å². The molecule has 1 aromatic heterocycles. The summed E-state index contributed by atoms with van der Waals surface area (Å²) in [6.07, 6.45) is -0.305. The number of carbonyl (C=O) groups excluding carboxylic acids is 1. The molecule has 0 saturated heterocycles. The van der Waals surface area contributed by atoms with Crippen molar-refractivity contribution in [3.63, 3.8) is 0 Å². The van der Waals surface area contributed by atoms with Crippen LogP contribution in [0.15, 0.2) is 51.8 Å². The summed E-state index contributed by atoms with van der Waals surface area (Å²) in [6, 6.07) is 10.1. The second-order valence-electron chi connectivity index (χ2n) is 6.36. The molecule has 0 aliphatic rings. The molecule has 7 nitrogen and oxygen atoms in total. The predicted octanol–water partition coefficient (Wildman–Crippen LogP) is 3.30. The van der Waals surface area contributed by atoms with Crippen molar-refractivity contribution in [1.82, 2.24) is 10.2 Å². The van der Waals surface area contributed by atoms with E-state index in [4.69, 9.17) is 4.42 Å². The minimum Gasteiger partial charge on any atom is -0.403 e. The second kappa shape index (κ2) is 7.89. The van der Waals surface area contributed by atoms with E-state index in [1.165, 1.54) is 0 Å². The average molecular weight is 403 g/mol. The van der Waals surface area contributed by atoms with Gasteiger partial charge in [-0.2, -0.15) is 0 Å². The Morgan fingerprint density at radius 2 is 1.71 bits per heavy atom. The molecule has 0 aliphatic carbocycles. The molecule has 0 spiro atoms. The van der Waals surface area contributed by atoms with E-state index < -0.39 is 27.3 Å². The molecule has 28 heavy (non-hydrogen) atoms. The highest BCUT2D eigenvalue weighted by molar-refractivity contribution is 7.91. The fraction of sp³-hybridized carbons (Fsp3) is 0.211. The zero-order valence-corrected chi connectivity index (χ0v) is 16.1. The van der Waals surface area contributed by atoms with Crippen molar-refractivity contribution in [3.8, 4) is 11.5 Å². The van der Waals surface area contributed by atoms with Crippen molar-refractivity contribution < 1.29 is 22.0 Å². The number of aryl methyl sites for hydroxylation is 2. The smallest absolute Gasteiger partial charge is 0.322 e. The molecule has 0 unspecified atom stereocenters. The lowest BCUT2D eigenvalue weighted by molar-refractivity contribution is -0.115. The van der Waals surface area contributed by atoms with Crippen molar-refractivity contribution in [2.45, 2.75) is 25.2 Å². The van der Waals surface area contributed by atoms with Crippen LogP contribution in [0.3, 0.4) is 0 Å². The Morgan fingerprint density at radius 1 is 1.07 bits per heavy atom. The first kappa shape index (κ1) is 19.7. The lowest BCUT2D eigenvalue weighted by atomic mass is 10.1. The third-order valence-electron chi connectivity index (χ3n) is 3.91. The van der Waals surface area contributed by atoms with Gasteiger partial charge < -0.3 is 4.42 Å². The van der Waals surface area contributed by atoms with Crippen LogP contribution in [0.1, 0.15) is 17.5 Å². The number of hydrogen-bond acceptors (Lipinski definition) is 6. The largest absolute Gasteiger partial charge is 0.403 e. The molecule has 1 N–H and O–H groups in total. The first-order valence-electron chi connectivity index (χ1n) is 8.43. The fourth-order valence-electron chi connectivity index (χ4n) is 2.66. The number of rotatable bonds is 6. The Bertz CT molecular complexity index is 1090. The molecule has 9 heteroatoms. The van der Waals surface area contributed by atoms with E-state index in [2.05, 4.69) is 15.5 Å². The van der Waals surface area contributed by atoms with E-state index in [0.717, 1.165) is 41.0 Å². The normalized spacial score (nSPS) is 11.4. The molecule has 0 saturated carbocycles. The lowest BCUT2D eigenvalue weighted by Crippen LogP contribution is -2.17. The number of hydrogen-bond donors (Lipinski definition) is 1. The lowest BCUT2D eigenvalue weighted by Gasteiger charge is -2.04.